The van der Waals surface area contributed by atoms with Crippen molar-refractivity contribution in [2.45, 2.75) is 5.03 Å². The van der Waals surface area contributed by atoms with E-state index in [2.05, 4.69) is 10.2 Å². The van der Waals surface area contributed by atoms with Gasteiger partial charge in [-0.15, -0.1) is 0 Å². The molecule has 6 nitrogen and oxygen atoms in total. The minimum Gasteiger partial charge on any atom is -0.389 e. The van der Waals surface area contributed by atoms with Crippen molar-refractivity contribution in [2.75, 3.05) is 11.4 Å². The Balaban J connectivity index is 2.52. The van der Waals surface area contributed by atoms with E-state index in [0.717, 1.165) is 4.31 Å². The highest BCUT2D eigenvalue weighted by atomic mass is 32.2. The third kappa shape index (κ3) is 2.45. The van der Waals surface area contributed by atoms with Gasteiger partial charge in [-0.1, -0.05) is 24.4 Å². The molecule has 0 aliphatic rings. The fourth-order valence-corrected chi connectivity index (χ4v) is 2.91. The highest BCUT2D eigenvalue weighted by Gasteiger charge is 2.24. The molecule has 0 spiro atoms. The Morgan fingerprint density at radius 1 is 1.37 bits per heavy atom. The molecule has 0 radical (unpaired) electrons. The van der Waals surface area contributed by atoms with Gasteiger partial charge in [0.05, 0.1) is 11.9 Å². The number of hydrogen-bond acceptors (Lipinski definition) is 4. The molecule has 100 valence electrons. The number of benzene rings is 1. The van der Waals surface area contributed by atoms with Gasteiger partial charge in [-0.25, -0.2) is 0 Å². The highest BCUT2D eigenvalue weighted by molar-refractivity contribution is 7.92. The normalized spacial score (nSPS) is 11.2. The summed E-state index contributed by atoms with van der Waals surface area (Å²) >= 11 is 4.93. The van der Waals surface area contributed by atoms with Crippen LogP contribution >= 0.6 is 12.2 Å². The summed E-state index contributed by atoms with van der Waals surface area (Å²) in [5.41, 5.74) is 6.53. The minimum atomic E-state index is -3.70. The van der Waals surface area contributed by atoms with Gasteiger partial charge >= 0.3 is 0 Å². The van der Waals surface area contributed by atoms with Crippen LogP contribution in [0.1, 0.15) is 5.56 Å². The number of para-hydroxylation sites is 1. The third-order valence-corrected chi connectivity index (χ3v) is 4.54. The van der Waals surface area contributed by atoms with Crippen LogP contribution in [-0.4, -0.2) is 30.7 Å². The fourth-order valence-electron chi connectivity index (χ4n) is 1.62. The van der Waals surface area contributed by atoms with Crippen molar-refractivity contribution in [1.29, 1.82) is 0 Å². The Morgan fingerprint density at radius 2 is 2.05 bits per heavy atom. The van der Waals surface area contributed by atoms with E-state index in [-0.39, 0.29) is 10.0 Å². The van der Waals surface area contributed by atoms with Crippen molar-refractivity contribution in [1.82, 2.24) is 10.2 Å². The summed E-state index contributed by atoms with van der Waals surface area (Å²) in [6, 6.07) is 8.17. The van der Waals surface area contributed by atoms with Gasteiger partial charge < -0.3 is 5.73 Å². The minimum absolute atomic E-state index is 0.00717. The topological polar surface area (TPSA) is 92.1 Å². The van der Waals surface area contributed by atoms with Crippen molar-refractivity contribution < 1.29 is 8.42 Å². The predicted octanol–water partition coefficient (Wildman–Crippen LogP) is 0.869. The number of aromatic amines is 1. The van der Waals surface area contributed by atoms with Crippen molar-refractivity contribution >= 4 is 32.9 Å². The molecular formula is C11H12N4O2S2. The SMILES string of the molecule is CN(c1ccccc1C(N)=S)S(=O)(=O)c1ccn[nH]1. The second-order valence-electron chi connectivity index (χ2n) is 3.77. The molecule has 0 aliphatic heterocycles. The molecule has 19 heavy (non-hydrogen) atoms. The van der Waals surface area contributed by atoms with E-state index in [1.54, 1.807) is 24.3 Å². The molecule has 0 unspecified atom stereocenters. The van der Waals surface area contributed by atoms with Gasteiger partial charge in [-0.3, -0.25) is 9.40 Å². The van der Waals surface area contributed by atoms with Crippen LogP contribution in [0.3, 0.4) is 0 Å². The van der Waals surface area contributed by atoms with Gasteiger partial charge in [0.2, 0.25) is 0 Å². The second-order valence-corrected chi connectivity index (χ2v) is 6.15. The molecule has 1 aromatic carbocycles. The number of anilines is 1. The lowest BCUT2D eigenvalue weighted by Crippen LogP contribution is -2.29. The molecule has 1 heterocycles. The van der Waals surface area contributed by atoms with E-state index in [0.29, 0.717) is 11.3 Å². The van der Waals surface area contributed by atoms with Crippen LogP contribution in [0.25, 0.3) is 0 Å². The fraction of sp³-hybridized carbons (Fsp3) is 0.0909. The number of nitrogens with one attached hydrogen (secondary N) is 1. The average molecular weight is 296 g/mol. The molecule has 0 saturated carbocycles. The largest absolute Gasteiger partial charge is 0.389 e. The van der Waals surface area contributed by atoms with Crippen LogP contribution in [0.5, 0.6) is 0 Å². The number of rotatable bonds is 4. The maximum atomic E-state index is 12.3. The van der Waals surface area contributed by atoms with E-state index in [4.69, 9.17) is 18.0 Å². The highest BCUT2D eigenvalue weighted by Crippen LogP contribution is 2.24. The van der Waals surface area contributed by atoms with Gasteiger partial charge in [0, 0.05) is 12.6 Å². The molecule has 2 rings (SSSR count). The van der Waals surface area contributed by atoms with Crippen molar-refractivity contribution in [3.05, 3.63) is 42.1 Å². The first-order chi connectivity index (χ1) is 8.94. The van der Waals surface area contributed by atoms with Crippen LogP contribution in [0.15, 0.2) is 41.6 Å². The molecule has 0 amide bonds. The first-order valence-corrected chi connectivity index (χ1v) is 7.16. The van der Waals surface area contributed by atoms with Crippen LogP contribution in [0.2, 0.25) is 0 Å². The first kappa shape index (κ1) is 13.5. The zero-order valence-electron chi connectivity index (χ0n) is 10.1. The Morgan fingerprint density at radius 3 is 2.63 bits per heavy atom. The molecule has 3 N–H and O–H groups in total. The van der Waals surface area contributed by atoms with Crippen LogP contribution in [0.4, 0.5) is 5.69 Å². The first-order valence-electron chi connectivity index (χ1n) is 5.31. The maximum absolute atomic E-state index is 12.3. The molecule has 0 atom stereocenters. The smallest absolute Gasteiger partial charge is 0.281 e. The third-order valence-electron chi connectivity index (χ3n) is 2.62. The van der Waals surface area contributed by atoms with E-state index in [1.165, 1.54) is 19.3 Å². The summed E-state index contributed by atoms with van der Waals surface area (Å²) in [6.45, 7) is 0. The second kappa shape index (κ2) is 4.98. The number of nitrogens with zero attached hydrogens (tertiary/aromatic N) is 2. The molecule has 8 heteroatoms. The summed E-state index contributed by atoms with van der Waals surface area (Å²) in [6.07, 6.45) is 1.38. The summed E-state index contributed by atoms with van der Waals surface area (Å²) in [7, 11) is -2.27. The van der Waals surface area contributed by atoms with Gasteiger partial charge in [0.1, 0.15) is 4.99 Å². The van der Waals surface area contributed by atoms with Crippen LogP contribution < -0.4 is 10.0 Å². The standard InChI is InChI=1S/C11H12N4O2S2/c1-15(19(16,17)10-6-7-13-14-10)9-5-3-2-4-8(9)11(12)18/h2-7H,1H3,(H2,12,18)(H,13,14). The number of nitrogens with two attached hydrogens (primary N) is 1. The van der Waals surface area contributed by atoms with Gasteiger partial charge in [-0.2, -0.15) is 13.5 Å². The van der Waals surface area contributed by atoms with E-state index in [9.17, 15) is 8.42 Å². The lowest BCUT2D eigenvalue weighted by molar-refractivity contribution is 0.590. The molecule has 0 bridgehead atoms. The van der Waals surface area contributed by atoms with Gasteiger partial charge in [0.25, 0.3) is 10.0 Å². The molecule has 0 aliphatic carbocycles. The van der Waals surface area contributed by atoms with Crippen LogP contribution in [0, 0.1) is 0 Å². The summed E-state index contributed by atoms with van der Waals surface area (Å²) in [4.78, 5) is 0.141. The molecule has 0 fully saturated rings. The molecule has 0 saturated heterocycles. The summed E-state index contributed by atoms with van der Waals surface area (Å²) in [5, 5.41) is 6.08. The van der Waals surface area contributed by atoms with Crippen molar-refractivity contribution in [2.24, 2.45) is 5.73 Å². The molecule has 1 aromatic heterocycles. The lowest BCUT2D eigenvalue weighted by atomic mass is 10.2. The zero-order valence-corrected chi connectivity index (χ0v) is 11.7. The van der Waals surface area contributed by atoms with Crippen molar-refractivity contribution in [3.8, 4) is 0 Å². The Labute approximate surface area is 116 Å². The van der Waals surface area contributed by atoms with E-state index in [1.807, 2.05) is 0 Å². The predicted molar refractivity (Wildman–Crippen MR) is 76.5 cm³/mol. The summed E-state index contributed by atoms with van der Waals surface area (Å²) in [5.74, 6) is 0. The average Bonchev–Trinajstić information content (AvgIpc) is 2.92. The maximum Gasteiger partial charge on any atom is 0.281 e. The van der Waals surface area contributed by atoms with Crippen molar-refractivity contribution in [3.63, 3.8) is 0 Å². The number of sulfonamides is 1. The quantitative estimate of drug-likeness (QED) is 0.817. The zero-order chi connectivity index (χ0) is 14.0. The van der Waals surface area contributed by atoms with E-state index < -0.39 is 10.0 Å². The Bertz CT molecular complexity index is 695. The number of thiocarbonyl (C=S) groups is 1. The Hall–Kier alpha value is -1.93. The number of H-pyrrole nitrogens is 1. The summed E-state index contributed by atoms with van der Waals surface area (Å²) < 4.78 is 25.8. The van der Waals surface area contributed by atoms with Crippen LogP contribution in [-0.2, 0) is 10.0 Å². The van der Waals surface area contributed by atoms with Gasteiger partial charge in [0.15, 0.2) is 5.03 Å². The lowest BCUT2D eigenvalue weighted by Gasteiger charge is -2.20. The molecular weight excluding hydrogens is 284 g/mol. The monoisotopic (exact) mass is 296 g/mol. The number of aromatic nitrogens is 2. The van der Waals surface area contributed by atoms with Gasteiger partial charge in [-0.05, 0) is 18.2 Å². The Kier molecular flexibility index (Phi) is 3.54. The number of hydrogen-bond donors (Lipinski definition) is 2. The molecule has 2 aromatic rings. The van der Waals surface area contributed by atoms with E-state index >= 15 is 0 Å².